The summed E-state index contributed by atoms with van der Waals surface area (Å²) < 4.78 is 8.29. The number of rotatable bonds is 0. The van der Waals surface area contributed by atoms with Gasteiger partial charge >= 0.3 is 0 Å². The molecule has 3 heteroatoms. The maximum absolute atomic E-state index is 5.91. The number of nitrogens with zero attached hydrogens (tertiary/aromatic N) is 1. The molecule has 1 saturated heterocycles. The Kier molecular flexibility index (Phi) is 2.27. The predicted octanol–water partition coefficient (Wildman–Crippen LogP) is 4.12. The molecule has 2 nitrogen and oxygen atoms in total. The van der Waals surface area contributed by atoms with Crippen LogP contribution in [0.5, 0.6) is 0 Å². The van der Waals surface area contributed by atoms with E-state index in [2.05, 4.69) is 50.2 Å². The van der Waals surface area contributed by atoms with Crippen LogP contribution in [0.4, 0.5) is 5.69 Å². The number of epoxide rings is 1. The summed E-state index contributed by atoms with van der Waals surface area (Å²) in [4.78, 5) is 0. The van der Waals surface area contributed by atoms with Crippen molar-refractivity contribution in [3.8, 4) is 0 Å². The Labute approximate surface area is 115 Å². The number of ether oxygens (including phenoxy) is 1. The van der Waals surface area contributed by atoms with E-state index in [0.717, 1.165) is 0 Å². The molecule has 2 heterocycles. The Morgan fingerprint density at radius 1 is 1.12 bits per heavy atom. The first-order chi connectivity index (χ1) is 8.36. The molecule has 0 radical (unpaired) electrons. The van der Waals surface area contributed by atoms with Gasteiger partial charge in [0.05, 0.1) is 28.6 Å². The van der Waals surface area contributed by atoms with Crippen molar-refractivity contribution in [1.82, 2.24) is 0 Å². The summed E-state index contributed by atoms with van der Waals surface area (Å²) in [5, 5.41) is 0. The summed E-state index contributed by atoms with van der Waals surface area (Å²) in [7, 11) is 0. The molecule has 17 heavy (non-hydrogen) atoms. The number of hydrogen-bond donors (Lipinski definition) is 0. The predicted molar refractivity (Wildman–Crippen MR) is 76.0 cm³/mol. The van der Waals surface area contributed by atoms with Crippen LogP contribution in [-0.2, 0) is 4.74 Å². The van der Waals surface area contributed by atoms with Gasteiger partial charge in [-0.2, -0.15) is 0 Å². The number of benzene rings is 1. The van der Waals surface area contributed by atoms with Gasteiger partial charge < -0.3 is 4.74 Å². The lowest BCUT2D eigenvalue weighted by Gasteiger charge is -2.26. The lowest BCUT2D eigenvalue weighted by atomic mass is 9.93. The van der Waals surface area contributed by atoms with Crippen LogP contribution in [-0.4, -0.2) is 6.10 Å². The van der Waals surface area contributed by atoms with Gasteiger partial charge in [0.1, 0.15) is 12.2 Å². The molecule has 0 saturated carbocycles. The quantitative estimate of drug-likeness (QED) is 0.401. The molecule has 3 aliphatic rings. The van der Waals surface area contributed by atoms with Crippen LogP contribution in [0.2, 0.25) is 0 Å². The zero-order valence-electron chi connectivity index (χ0n) is 9.53. The molecule has 2 atom stereocenters. The van der Waals surface area contributed by atoms with Gasteiger partial charge in [0.2, 0.25) is 0 Å². The standard InChI is InChI=1S/C14H14INO/c15-16-11-7-3-1-5-9(11)13-14(17-13)10-6-2-4-8-12(10)16/h1,3,5,7,13-14H,2,4,6,8H2. The van der Waals surface area contributed by atoms with E-state index in [1.807, 2.05) is 0 Å². The van der Waals surface area contributed by atoms with Crippen LogP contribution < -0.4 is 3.11 Å². The van der Waals surface area contributed by atoms with E-state index >= 15 is 0 Å². The highest BCUT2D eigenvalue weighted by atomic mass is 127. The molecule has 0 bridgehead atoms. The summed E-state index contributed by atoms with van der Waals surface area (Å²) >= 11 is 2.46. The van der Waals surface area contributed by atoms with Crippen LogP contribution in [0.3, 0.4) is 0 Å². The van der Waals surface area contributed by atoms with Gasteiger partial charge in [-0.05, 0) is 37.3 Å². The average Bonchev–Trinajstić information content (AvgIpc) is 3.18. The highest BCUT2D eigenvalue weighted by molar-refractivity contribution is 14.1. The van der Waals surface area contributed by atoms with E-state index in [1.165, 1.54) is 42.6 Å². The smallest absolute Gasteiger partial charge is 0.116 e. The Bertz CT molecular complexity index is 511. The summed E-state index contributed by atoms with van der Waals surface area (Å²) in [6.45, 7) is 0. The van der Waals surface area contributed by atoms with Gasteiger partial charge in [0, 0.05) is 11.3 Å². The Morgan fingerprint density at radius 3 is 2.88 bits per heavy atom. The second kappa shape index (κ2) is 3.72. The van der Waals surface area contributed by atoms with E-state index in [-0.39, 0.29) is 0 Å². The van der Waals surface area contributed by atoms with E-state index < -0.39 is 0 Å². The van der Waals surface area contributed by atoms with Crippen molar-refractivity contribution in [3.63, 3.8) is 0 Å². The van der Waals surface area contributed by atoms with Crippen molar-refractivity contribution in [3.05, 3.63) is 41.1 Å². The lowest BCUT2D eigenvalue weighted by molar-refractivity contribution is 0.381. The minimum atomic E-state index is 0.328. The SMILES string of the molecule is IN1C2=C(CCCC2)C2OC2c2ccccc21. The molecule has 0 amide bonds. The molecule has 1 aliphatic carbocycles. The van der Waals surface area contributed by atoms with Crippen LogP contribution >= 0.6 is 22.9 Å². The molecule has 1 fully saturated rings. The van der Waals surface area contributed by atoms with Crippen molar-refractivity contribution in [2.75, 3.05) is 3.11 Å². The Balaban J connectivity index is 1.89. The third-order valence-electron chi connectivity index (χ3n) is 4.01. The summed E-state index contributed by atoms with van der Waals surface area (Å²) in [5.41, 5.74) is 5.76. The number of hydrogen-bond acceptors (Lipinski definition) is 2. The maximum Gasteiger partial charge on any atom is 0.116 e. The summed E-state index contributed by atoms with van der Waals surface area (Å²) in [6.07, 6.45) is 5.79. The van der Waals surface area contributed by atoms with Crippen molar-refractivity contribution in [1.29, 1.82) is 0 Å². The van der Waals surface area contributed by atoms with E-state index in [0.29, 0.717) is 12.2 Å². The maximum atomic E-state index is 5.91. The fourth-order valence-electron chi connectivity index (χ4n) is 3.11. The van der Waals surface area contributed by atoms with E-state index in [9.17, 15) is 0 Å². The Morgan fingerprint density at radius 2 is 1.94 bits per heavy atom. The fraction of sp³-hybridized carbons (Fsp3) is 0.429. The molecule has 88 valence electrons. The molecule has 4 rings (SSSR count). The third kappa shape index (κ3) is 1.48. The fourth-order valence-corrected chi connectivity index (χ4v) is 4.10. The van der Waals surface area contributed by atoms with Gasteiger partial charge in [-0.1, -0.05) is 18.2 Å². The summed E-state index contributed by atoms with van der Waals surface area (Å²) in [5.74, 6) is 0. The molecule has 0 N–H and O–H groups in total. The first-order valence-corrected chi connectivity index (χ1v) is 7.25. The lowest BCUT2D eigenvalue weighted by Crippen LogP contribution is -2.16. The molecule has 0 aromatic heterocycles. The van der Waals surface area contributed by atoms with Gasteiger partial charge in [-0.25, -0.2) is 0 Å². The van der Waals surface area contributed by atoms with Crippen LogP contribution in [0.25, 0.3) is 0 Å². The molecular weight excluding hydrogens is 325 g/mol. The molecule has 1 aromatic carbocycles. The third-order valence-corrected chi connectivity index (χ3v) is 5.11. The zero-order valence-corrected chi connectivity index (χ0v) is 11.7. The molecular formula is C14H14INO. The molecule has 2 aliphatic heterocycles. The van der Waals surface area contributed by atoms with Gasteiger partial charge in [-0.3, -0.25) is 3.11 Å². The average molecular weight is 339 g/mol. The number of para-hydroxylation sites is 1. The van der Waals surface area contributed by atoms with Crippen LogP contribution in [0, 0.1) is 0 Å². The van der Waals surface area contributed by atoms with E-state index in [4.69, 9.17) is 4.74 Å². The van der Waals surface area contributed by atoms with Crippen LogP contribution in [0.1, 0.15) is 37.4 Å². The number of anilines is 1. The molecule has 2 unspecified atom stereocenters. The molecule has 1 aromatic rings. The Hall–Kier alpha value is -0.550. The molecule has 0 spiro atoms. The van der Waals surface area contributed by atoms with E-state index in [1.54, 1.807) is 5.57 Å². The normalized spacial score (nSPS) is 30.3. The second-order valence-corrected chi connectivity index (χ2v) is 5.96. The van der Waals surface area contributed by atoms with Gasteiger partial charge in [0.25, 0.3) is 0 Å². The number of fused-ring (bicyclic) bond motifs is 4. The van der Waals surface area contributed by atoms with Gasteiger partial charge in [-0.15, -0.1) is 0 Å². The van der Waals surface area contributed by atoms with Crippen molar-refractivity contribution >= 4 is 28.6 Å². The van der Waals surface area contributed by atoms with Crippen molar-refractivity contribution in [2.24, 2.45) is 0 Å². The van der Waals surface area contributed by atoms with Crippen molar-refractivity contribution in [2.45, 2.75) is 37.9 Å². The number of allylic oxidation sites excluding steroid dienone is 1. The summed E-state index contributed by atoms with van der Waals surface area (Å²) in [6, 6.07) is 8.66. The largest absolute Gasteiger partial charge is 0.360 e. The zero-order chi connectivity index (χ0) is 11.4. The highest BCUT2D eigenvalue weighted by Gasteiger charge is 2.48. The van der Waals surface area contributed by atoms with Crippen molar-refractivity contribution < 1.29 is 4.74 Å². The second-order valence-electron chi connectivity index (χ2n) is 5.00. The number of halogens is 1. The first-order valence-electron chi connectivity index (χ1n) is 6.28. The minimum Gasteiger partial charge on any atom is -0.360 e. The van der Waals surface area contributed by atoms with Gasteiger partial charge in [0.15, 0.2) is 0 Å². The monoisotopic (exact) mass is 339 g/mol. The first kappa shape index (κ1) is 10.4. The van der Waals surface area contributed by atoms with Crippen LogP contribution in [0.15, 0.2) is 35.5 Å². The highest BCUT2D eigenvalue weighted by Crippen LogP contribution is 2.54. The minimum absolute atomic E-state index is 0.328. The topological polar surface area (TPSA) is 15.8 Å².